The molecule has 25 heavy (non-hydrogen) atoms. The predicted molar refractivity (Wildman–Crippen MR) is 93.6 cm³/mol. The summed E-state index contributed by atoms with van der Waals surface area (Å²) in [6.45, 7) is 11.8. The van der Waals surface area contributed by atoms with Crippen LogP contribution in [-0.4, -0.2) is 30.8 Å². The molecule has 1 N–H and O–H groups in total. The van der Waals surface area contributed by atoms with E-state index < -0.39 is 30.0 Å². The molecule has 0 bridgehead atoms. The molecule has 0 aliphatic carbocycles. The normalized spacial score (nSPS) is 18.7. The summed E-state index contributed by atoms with van der Waals surface area (Å²) in [4.78, 5) is 11.8. The van der Waals surface area contributed by atoms with Gasteiger partial charge in [-0.3, -0.25) is 4.79 Å². The van der Waals surface area contributed by atoms with Crippen molar-refractivity contribution in [3.05, 3.63) is 29.3 Å². The SMILES string of the molecule is CC(C)CNC(=O)Cc1cc(F)c(B2OC(C)(C)C(C)(C)O2)cc1F. The van der Waals surface area contributed by atoms with E-state index in [1.54, 1.807) is 0 Å². The van der Waals surface area contributed by atoms with Crippen LogP contribution in [0, 0.1) is 17.6 Å². The molecule has 0 aromatic heterocycles. The van der Waals surface area contributed by atoms with Gasteiger partial charge in [0.1, 0.15) is 11.6 Å². The van der Waals surface area contributed by atoms with Crippen molar-refractivity contribution in [1.82, 2.24) is 5.32 Å². The molecule has 1 heterocycles. The van der Waals surface area contributed by atoms with E-state index in [1.165, 1.54) is 0 Å². The zero-order chi connectivity index (χ0) is 19.0. The van der Waals surface area contributed by atoms with Gasteiger partial charge >= 0.3 is 7.12 Å². The van der Waals surface area contributed by atoms with Gasteiger partial charge in [0.15, 0.2) is 0 Å². The fourth-order valence-electron chi connectivity index (χ4n) is 2.44. The maximum absolute atomic E-state index is 14.5. The number of halogens is 2. The molecule has 0 saturated carbocycles. The lowest BCUT2D eigenvalue weighted by Gasteiger charge is -2.32. The Morgan fingerprint density at radius 1 is 1.12 bits per heavy atom. The van der Waals surface area contributed by atoms with E-state index in [-0.39, 0.29) is 29.3 Å². The van der Waals surface area contributed by atoms with Gasteiger partial charge in [-0.1, -0.05) is 13.8 Å². The van der Waals surface area contributed by atoms with Crippen molar-refractivity contribution in [3.8, 4) is 0 Å². The fourth-order valence-corrected chi connectivity index (χ4v) is 2.44. The van der Waals surface area contributed by atoms with E-state index in [4.69, 9.17) is 9.31 Å². The van der Waals surface area contributed by atoms with Crippen LogP contribution in [0.2, 0.25) is 0 Å². The van der Waals surface area contributed by atoms with Crippen LogP contribution in [0.1, 0.15) is 47.1 Å². The zero-order valence-corrected chi connectivity index (χ0v) is 15.7. The number of benzene rings is 1. The smallest absolute Gasteiger partial charge is 0.399 e. The van der Waals surface area contributed by atoms with Gasteiger partial charge in [0.2, 0.25) is 5.91 Å². The molecule has 1 aliphatic heterocycles. The second-order valence-electron chi connectivity index (χ2n) is 7.93. The van der Waals surface area contributed by atoms with Gasteiger partial charge in [-0.15, -0.1) is 0 Å². The highest BCUT2D eigenvalue weighted by Crippen LogP contribution is 2.36. The Bertz CT molecular complexity index is 646. The molecule has 0 spiro atoms. The number of rotatable bonds is 5. The molecule has 7 heteroatoms. The number of nitrogens with one attached hydrogen (secondary N) is 1. The monoisotopic (exact) mass is 353 g/mol. The van der Waals surface area contributed by atoms with Crippen LogP contribution in [0.3, 0.4) is 0 Å². The Labute approximate surface area is 148 Å². The van der Waals surface area contributed by atoms with Crippen molar-refractivity contribution in [2.24, 2.45) is 5.92 Å². The summed E-state index contributed by atoms with van der Waals surface area (Å²) >= 11 is 0. The molecule has 0 radical (unpaired) electrons. The van der Waals surface area contributed by atoms with E-state index in [2.05, 4.69) is 5.32 Å². The Morgan fingerprint density at radius 2 is 1.68 bits per heavy atom. The summed E-state index contributed by atoms with van der Waals surface area (Å²) in [7, 11) is -0.983. The molecule has 138 valence electrons. The third kappa shape index (κ3) is 4.39. The van der Waals surface area contributed by atoms with E-state index in [0.717, 1.165) is 12.1 Å². The number of hydrogen-bond donors (Lipinski definition) is 1. The molecule has 4 nitrogen and oxygen atoms in total. The predicted octanol–water partition coefficient (Wildman–Crippen LogP) is 2.58. The first-order valence-corrected chi connectivity index (χ1v) is 8.53. The molecule has 1 amide bonds. The van der Waals surface area contributed by atoms with Crippen LogP contribution < -0.4 is 10.8 Å². The average molecular weight is 353 g/mol. The van der Waals surface area contributed by atoms with Gasteiger partial charge < -0.3 is 14.6 Å². The lowest BCUT2D eigenvalue weighted by Crippen LogP contribution is -2.41. The van der Waals surface area contributed by atoms with Crippen LogP contribution in [0.15, 0.2) is 12.1 Å². The maximum atomic E-state index is 14.5. The second kappa shape index (κ2) is 7.04. The minimum absolute atomic E-state index is 0.00230. The van der Waals surface area contributed by atoms with Crippen LogP contribution >= 0.6 is 0 Å². The van der Waals surface area contributed by atoms with E-state index >= 15 is 0 Å². The molecule has 1 fully saturated rings. The number of carbonyl (C=O) groups excluding carboxylic acids is 1. The van der Waals surface area contributed by atoms with Crippen molar-refractivity contribution in [1.29, 1.82) is 0 Å². The highest BCUT2D eigenvalue weighted by atomic mass is 19.1. The van der Waals surface area contributed by atoms with E-state index in [1.807, 2.05) is 41.5 Å². The Balaban J connectivity index is 2.17. The zero-order valence-electron chi connectivity index (χ0n) is 15.7. The highest BCUT2D eigenvalue weighted by molar-refractivity contribution is 6.62. The van der Waals surface area contributed by atoms with Gasteiger partial charge in [0.05, 0.1) is 17.6 Å². The molecule has 1 saturated heterocycles. The van der Waals surface area contributed by atoms with E-state index in [0.29, 0.717) is 6.54 Å². The number of carbonyl (C=O) groups is 1. The standard InChI is InChI=1S/C18H26BF2NO3/c1-11(2)10-22-16(23)8-12-7-15(21)13(9-14(12)20)19-24-17(3,4)18(5,6)25-19/h7,9,11H,8,10H2,1-6H3,(H,22,23). The Kier molecular flexibility index (Phi) is 5.59. The third-order valence-electron chi connectivity index (χ3n) is 4.73. The molecule has 0 unspecified atom stereocenters. The van der Waals surface area contributed by atoms with Crippen molar-refractivity contribution >= 4 is 18.5 Å². The third-order valence-corrected chi connectivity index (χ3v) is 4.73. The summed E-state index contributed by atoms with van der Waals surface area (Å²) in [5, 5.41) is 2.69. The molecule has 1 aliphatic rings. The minimum Gasteiger partial charge on any atom is -0.399 e. The number of amides is 1. The fraction of sp³-hybridized carbons (Fsp3) is 0.611. The second-order valence-corrected chi connectivity index (χ2v) is 7.93. The number of hydrogen-bond acceptors (Lipinski definition) is 3. The molecule has 1 aromatic rings. The van der Waals surface area contributed by atoms with E-state index in [9.17, 15) is 13.6 Å². The lowest BCUT2D eigenvalue weighted by atomic mass is 9.78. The van der Waals surface area contributed by atoms with Crippen LogP contribution in [0.4, 0.5) is 8.78 Å². The summed E-state index contributed by atoms with van der Waals surface area (Å²) in [6, 6.07) is 2.10. The van der Waals surface area contributed by atoms with Crippen LogP contribution in [0.25, 0.3) is 0 Å². The van der Waals surface area contributed by atoms with Crippen LogP contribution in [-0.2, 0) is 20.5 Å². The first-order chi connectivity index (χ1) is 11.4. The largest absolute Gasteiger partial charge is 0.497 e. The van der Waals surface area contributed by atoms with Gasteiger partial charge in [0.25, 0.3) is 0 Å². The molecule has 0 atom stereocenters. The quantitative estimate of drug-likeness (QED) is 0.828. The average Bonchev–Trinajstić information content (AvgIpc) is 2.68. The van der Waals surface area contributed by atoms with Crippen molar-refractivity contribution in [3.63, 3.8) is 0 Å². The summed E-state index contributed by atoms with van der Waals surface area (Å²) < 4.78 is 40.4. The van der Waals surface area contributed by atoms with Crippen molar-refractivity contribution in [2.45, 2.75) is 59.2 Å². The van der Waals surface area contributed by atoms with Crippen molar-refractivity contribution in [2.75, 3.05) is 6.54 Å². The van der Waals surface area contributed by atoms with Gasteiger partial charge in [0, 0.05) is 12.0 Å². The molecule has 2 rings (SSSR count). The Morgan fingerprint density at radius 3 is 2.20 bits per heavy atom. The first kappa shape index (κ1) is 19.9. The van der Waals surface area contributed by atoms with Crippen molar-refractivity contribution < 1.29 is 22.9 Å². The first-order valence-electron chi connectivity index (χ1n) is 8.53. The highest BCUT2D eigenvalue weighted by Gasteiger charge is 2.52. The summed E-state index contributed by atoms with van der Waals surface area (Å²) in [5.74, 6) is -1.34. The minimum atomic E-state index is -0.983. The molecular formula is C18H26BF2NO3. The summed E-state index contributed by atoms with van der Waals surface area (Å²) in [6.07, 6.45) is -0.209. The van der Waals surface area contributed by atoms with Gasteiger partial charge in [-0.25, -0.2) is 8.78 Å². The van der Waals surface area contributed by atoms with Crippen LogP contribution in [0.5, 0.6) is 0 Å². The molecular weight excluding hydrogens is 327 g/mol. The molecule has 1 aromatic carbocycles. The topological polar surface area (TPSA) is 47.6 Å². The van der Waals surface area contributed by atoms with Gasteiger partial charge in [-0.05, 0) is 51.3 Å². The summed E-state index contributed by atoms with van der Waals surface area (Å²) in [5.41, 5.74) is -1.27. The Hall–Kier alpha value is -1.47. The maximum Gasteiger partial charge on any atom is 0.497 e. The lowest BCUT2D eigenvalue weighted by molar-refractivity contribution is -0.120. The van der Waals surface area contributed by atoms with Gasteiger partial charge in [-0.2, -0.15) is 0 Å².